The van der Waals surface area contributed by atoms with Crippen molar-refractivity contribution in [2.45, 2.75) is 13.5 Å². The van der Waals surface area contributed by atoms with E-state index in [1.54, 1.807) is 24.3 Å². The zero-order valence-corrected chi connectivity index (χ0v) is 12.9. The van der Waals surface area contributed by atoms with Gasteiger partial charge < -0.3 is 15.2 Å². The maximum Gasteiger partial charge on any atom is 0.251 e. The van der Waals surface area contributed by atoms with Gasteiger partial charge in [0.15, 0.2) is 0 Å². The summed E-state index contributed by atoms with van der Waals surface area (Å²) in [5, 5.41) is 13.5. The summed E-state index contributed by atoms with van der Waals surface area (Å²) in [4.78, 5) is 22.8. The van der Waals surface area contributed by atoms with Gasteiger partial charge in [0, 0.05) is 16.6 Å². The first-order valence-corrected chi connectivity index (χ1v) is 7.12. The molecule has 4 nitrogen and oxygen atoms in total. The van der Waals surface area contributed by atoms with Crippen LogP contribution in [0.2, 0.25) is 0 Å². The Morgan fingerprint density at radius 3 is 2.43 bits per heavy atom. The number of nitrogens with one attached hydrogen (secondary N) is 1. The second-order valence-electron chi connectivity index (χ2n) is 4.58. The van der Waals surface area contributed by atoms with Gasteiger partial charge in [-0.15, -0.1) is 0 Å². The maximum atomic E-state index is 12.1. The van der Waals surface area contributed by atoms with E-state index in [2.05, 4.69) is 21.2 Å². The number of halogens is 1. The molecule has 0 saturated carbocycles. The molecule has 0 atom stereocenters. The van der Waals surface area contributed by atoms with Crippen molar-refractivity contribution in [1.82, 2.24) is 5.32 Å². The SMILES string of the molecule is Cc1c(Br)cccc1C(=O)NCc1ccc(C(=O)[O-])cc1. The highest BCUT2D eigenvalue weighted by molar-refractivity contribution is 9.10. The molecule has 0 aliphatic heterocycles. The molecule has 21 heavy (non-hydrogen) atoms. The number of carboxylic acids is 1. The second-order valence-corrected chi connectivity index (χ2v) is 5.43. The van der Waals surface area contributed by atoms with E-state index in [9.17, 15) is 14.7 Å². The smallest absolute Gasteiger partial charge is 0.251 e. The van der Waals surface area contributed by atoms with Crippen molar-refractivity contribution < 1.29 is 14.7 Å². The number of rotatable bonds is 4. The zero-order valence-electron chi connectivity index (χ0n) is 11.4. The fraction of sp³-hybridized carbons (Fsp3) is 0.125. The van der Waals surface area contributed by atoms with E-state index in [-0.39, 0.29) is 11.5 Å². The van der Waals surface area contributed by atoms with Crippen LogP contribution >= 0.6 is 15.9 Å². The third-order valence-electron chi connectivity index (χ3n) is 3.16. The molecule has 0 aliphatic rings. The summed E-state index contributed by atoms with van der Waals surface area (Å²) >= 11 is 3.39. The van der Waals surface area contributed by atoms with Crippen molar-refractivity contribution in [3.05, 3.63) is 69.2 Å². The van der Waals surface area contributed by atoms with Gasteiger partial charge in [-0.3, -0.25) is 4.79 Å². The van der Waals surface area contributed by atoms with Crippen LogP contribution in [0.4, 0.5) is 0 Å². The van der Waals surface area contributed by atoms with E-state index in [1.165, 1.54) is 12.1 Å². The largest absolute Gasteiger partial charge is 0.545 e. The van der Waals surface area contributed by atoms with E-state index in [0.717, 1.165) is 15.6 Å². The molecule has 0 aliphatic carbocycles. The standard InChI is InChI=1S/C16H14BrNO3/c1-10-13(3-2-4-14(10)17)15(19)18-9-11-5-7-12(8-6-11)16(20)21/h2-8H,9H2,1H3,(H,18,19)(H,20,21)/p-1. The van der Waals surface area contributed by atoms with Gasteiger partial charge in [0.05, 0.1) is 5.97 Å². The molecule has 0 saturated heterocycles. The molecule has 0 heterocycles. The lowest BCUT2D eigenvalue weighted by molar-refractivity contribution is -0.255. The van der Waals surface area contributed by atoms with Crippen molar-refractivity contribution >= 4 is 27.8 Å². The molecule has 0 fully saturated rings. The molecule has 5 heteroatoms. The fourth-order valence-electron chi connectivity index (χ4n) is 1.89. The van der Waals surface area contributed by atoms with Gasteiger partial charge in [-0.1, -0.05) is 46.3 Å². The molecular formula is C16H13BrNO3-. The number of hydrogen-bond donors (Lipinski definition) is 1. The maximum absolute atomic E-state index is 12.1. The molecule has 0 radical (unpaired) electrons. The van der Waals surface area contributed by atoms with Gasteiger partial charge in [0.25, 0.3) is 5.91 Å². The summed E-state index contributed by atoms with van der Waals surface area (Å²) in [5.74, 6) is -1.38. The first kappa shape index (κ1) is 15.3. The highest BCUT2D eigenvalue weighted by atomic mass is 79.9. The molecule has 0 bridgehead atoms. The van der Waals surface area contributed by atoms with E-state index >= 15 is 0 Å². The summed E-state index contributed by atoms with van der Waals surface area (Å²) in [7, 11) is 0. The molecule has 108 valence electrons. The normalized spacial score (nSPS) is 10.2. The molecule has 1 N–H and O–H groups in total. The van der Waals surface area contributed by atoms with E-state index in [4.69, 9.17) is 0 Å². The van der Waals surface area contributed by atoms with Crippen molar-refractivity contribution in [2.75, 3.05) is 0 Å². The first-order valence-electron chi connectivity index (χ1n) is 6.32. The van der Waals surface area contributed by atoms with Crippen LogP contribution in [0.15, 0.2) is 46.9 Å². The average molecular weight is 347 g/mol. The lowest BCUT2D eigenvalue weighted by Gasteiger charge is -2.09. The van der Waals surface area contributed by atoms with Crippen molar-refractivity contribution in [3.8, 4) is 0 Å². The van der Waals surface area contributed by atoms with Crippen LogP contribution in [0, 0.1) is 6.92 Å². The van der Waals surface area contributed by atoms with Crippen LogP contribution in [0.5, 0.6) is 0 Å². The number of carbonyl (C=O) groups excluding carboxylic acids is 2. The van der Waals surface area contributed by atoms with Crippen LogP contribution in [0.25, 0.3) is 0 Å². The number of hydrogen-bond acceptors (Lipinski definition) is 3. The third kappa shape index (κ3) is 3.70. The second kappa shape index (κ2) is 6.54. The predicted octanol–water partition coefficient (Wildman–Crippen LogP) is 2.05. The van der Waals surface area contributed by atoms with Gasteiger partial charge in [-0.25, -0.2) is 0 Å². The van der Waals surface area contributed by atoms with Crippen molar-refractivity contribution in [3.63, 3.8) is 0 Å². The summed E-state index contributed by atoms with van der Waals surface area (Å²) in [6, 6.07) is 11.7. The molecule has 2 aromatic carbocycles. The third-order valence-corrected chi connectivity index (χ3v) is 4.01. The Labute approximate surface area is 130 Å². The van der Waals surface area contributed by atoms with E-state index in [0.29, 0.717) is 12.1 Å². The quantitative estimate of drug-likeness (QED) is 0.920. The minimum atomic E-state index is -1.21. The summed E-state index contributed by atoms with van der Waals surface area (Å²) < 4.78 is 0.883. The Morgan fingerprint density at radius 1 is 1.14 bits per heavy atom. The minimum absolute atomic E-state index is 0.118. The number of carbonyl (C=O) groups is 2. The van der Waals surface area contributed by atoms with Gasteiger partial charge in [0.2, 0.25) is 0 Å². The van der Waals surface area contributed by atoms with Gasteiger partial charge in [0.1, 0.15) is 0 Å². The van der Waals surface area contributed by atoms with Crippen molar-refractivity contribution in [2.24, 2.45) is 0 Å². The van der Waals surface area contributed by atoms with Gasteiger partial charge in [-0.05, 0) is 35.7 Å². The lowest BCUT2D eigenvalue weighted by atomic mass is 10.1. The molecule has 1 amide bonds. The number of aromatic carboxylic acids is 1. The lowest BCUT2D eigenvalue weighted by Crippen LogP contribution is -2.24. The van der Waals surface area contributed by atoms with E-state index < -0.39 is 5.97 Å². The Bertz CT molecular complexity index is 680. The van der Waals surface area contributed by atoms with Gasteiger partial charge >= 0.3 is 0 Å². The Morgan fingerprint density at radius 2 is 1.81 bits per heavy atom. The molecule has 2 aromatic rings. The molecule has 0 aromatic heterocycles. The molecular weight excluding hydrogens is 334 g/mol. The first-order chi connectivity index (χ1) is 9.99. The monoisotopic (exact) mass is 346 g/mol. The van der Waals surface area contributed by atoms with E-state index in [1.807, 2.05) is 13.0 Å². The Kier molecular flexibility index (Phi) is 4.75. The molecule has 2 rings (SSSR count). The summed E-state index contributed by atoms with van der Waals surface area (Å²) in [6.45, 7) is 2.20. The Hall–Kier alpha value is -2.14. The van der Waals surface area contributed by atoms with Crippen LogP contribution in [-0.4, -0.2) is 11.9 Å². The highest BCUT2D eigenvalue weighted by Crippen LogP contribution is 2.19. The number of amides is 1. The highest BCUT2D eigenvalue weighted by Gasteiger charge is 2.10. The van der Waals surface area contributed by atoms with Crippen LogP contribution in [0.3, 0.4) is 0 Å². The molecule has 0 unspecified atom stereocenters. The molecule has 0 spiro atoms. The Balaban J connectivity index is 2.04. The van der Waals surface area contributed by atoms with Crippen LogP contribution in [-0.2, 0) is 6.54 Å². The van der Waals surface area contributed by atoms with Crippen LogP contribution in [0.1, 0.15) is 31.8 Å². The summed E-state index contributed by atoms with van der Waals surface area (Å²) in [5.41, 5.74) is 2.42. The fourth-order valence-corrected chi connectivity index (χ4v) is 2.26. The topological polar surface area (TPSA) is 69.2 Å². The minimum Gasteiger partial charge on any atom is -0.545 e. The zero-order chi connectivity index (χ0) is 15.4. The van der Waals surface area contributed by atoms with Crippen molar-refractivity contribution in [1.29, 1.82) is 0 Å². The van der Waals surface area contributed by atoms with Gasteiger partial charge in [-0.2, -0.15) is 0 Å². The average Bonchev–Trinajstić information content (AvgIpc) is 2.48. The van der Waals surface area contributed by atoms with Crippen LogP contribution < -0.4 is 10.4 Å². The number of benzene rings is 2. The number of carboxylic acid groups (broad SMARTS) is 1. The summed E-state index contributed by atoms with van der Waals surface area (Å²) in [6.07, 6.45) is 0. The predicted molar refractivity (Wildman–Crippen MR) is 80.8 cm³/mol.